The van der Waals surface area contributed by atoms with E-state index in [1.54, 1.807) is 11.3 Å². The van der Waals surface area contributed by atoms with Crippen molar-refractivity contribution in [2.75, 3.05) is 12.3 Å². The van der Waals surface area contributed by atoms with Crippen LogP contribution < -0.4 is 11.1 Å². The Hall–Kier alpha value is -1.88. The van der Waals surface area contributed by atoms with Gasteiger partial charge in [-0.2, -0.15) is 0 Å². The van der Waals surface area contributed by atoms with Gasteiger partial charge in [-0.1, -0.05) is 12.1 Å². The SMILES string of the molecule is Nc1ccc(C2(C(=O)NCCc3cscn3)CC2)cc1. The quantitative estimate of drug-likeness (QED) is 0.828. The molecular weight excluding hydrogens is 270 g/mol. The number of aromatic nitrogens is 1. The number of rotatable bonds is 5. The number of nitrogens with two attached hydrogens (primary N) is 1. The summed E-state index contributed by atoms with van der Waals surface area (Å²) in [5, 5.41) is 5.04. The average Bonchev–Trinajstić information content (AvgIpc) is 3.10. The molecule has 1 aromatic heterocycles. The van der Waals surface area contributed by atoms with E-state index in [1.165, 1.54) is 0 Å². The number of anilines is 1. The number of amides is 1. The maximum atomic E-state index is 12.4. The Bertz CT molecular complexity index is 588. The summed E-state index contributed by atoms with van der Waals surface area (Å²) in [5.41, 5.74) is 10.0. The van der Waals surface area contributed by atoms with E-state index in [-0.39, 0.29) is 11.3 Å². The molecule has 1 aromatic carbocycles. The van der Waals surface area contributed by atoms with Gasteiger partial charge in [0.1, 0.15) is 0 Å². The van der Waals surface area contributed by atoms with E-state index in [0.717, 1.165) is 36.2 Å². The average molecular weight is 287 g/mol. The summed E-state index contributed by atoms with van der Waals surface area (Å²) in [6.07, 6.45) is 2.62. The molecular formula is C15H17N3OS. The van der Waals surface area contributed by atoms with Crippen molar-refractivity contribution in [3.63, 3.8) is 0 Å². The summed E-state index contributed by atoms with van der Waals surface area (Å²) >= 11 is 1.58. The number of thiazole rings is 1. The van der Waals surface area contributed by atoms with Crippen LogP contribution in [0.1, 0.15) is 24.1 Å². The van der Waals surface area contributed by atoms with E-state index >= 15 is 0 Å². The van der Waals surface area contributed by atoms with Crippen molar-refractivity contribution in [1.82, 2.24) is 10.3 Å². The third-order valence-corrected chi connectivity index (χ3v) is 4.43. The van der Waals surface area contributed by atoms with Crippen molar-refractivity contribution in [2.45, 2.75) is 24.7 Å². The van der Waals surface area contributed by atoms with E-state index in [4.69, 9.17) is 5.73 Å². The standard InChI is InChI=1S/C15H17N3OS/c16-12-3-1-11(2-4-12)15(6-7-15)14(19)17-8-5-13-9-20-10-18-13/h1-4,9-10H,5-8,16H2,(H,17,19). The number of benzene rings is 1. The third kappa shape index (κ3) is 2.54. The van der Waals surface area contributed by atoms with Gasteiger partial charge in [0.05, 0.1) is 16.6 Å². The van der Waals surface area contributed by atoms with Gasteiger partial charge in [-0.15, -0.1) is 11.3 Å². The van der Waals surface area contributed by atoms with Gasteiger partial charge < -0.3 is 11.1 Å². The predicted octanol–water partition coefficient (Wildman–Crippen LogP) is 2.12. The number of hydrogen-bond donors (Lipinski definition) is 2. The molecule has 0 aliphatic heterocycles. The van der Waals surface area contributed by atoms with Gasteiger partial charge in [-0.05, 0) is 30.5 Å². The van der Waals surface area contributed by atoms with Crippen LogP contribution in [0.2, 0.25) is 0 Å². The molecule has 1 fully saturated rings. The maximum Gasteiger partial charge on any atom is 0.230 e. The lowest BCUT2D eigenvalue weighted by Gasteiger charge is -2.15. The molecule has 4 nitrogen and oxygen atoms in total. The lowest BCUT2D eigenvalue weighted by atomic mass is 9.94. The van der Waals surface area contributed by atoms with Crippen LogP contribution in [0.5, 0.6) is 0 Å². The van der Waals surface area contributed by atoms with Gasteiger partial charge in [0, 0.05) is 24.0 Å². The summed E-state index contributed by atoms with van der Waals surface area (Å²) in [5.74, 6) is 0.123. The second kappa shape index (κ2) is 5.25. The van der Waals surface area contributed by atoms with Crippen molar-refractivity contribution in [3.05, 3.63) is 46.4 Å². The van der Waals surface area contributed by atoms with Gasteiger partial charge in [0.15, 0.2) is 0 Å². The minimum absolute atomic E-state index is 0.123. The van der Waals surface area contributed by atoms with Crippen LogP contribution in [-0.2, 0) is 16.6 Å². The lowest BCUT2D eigenvalue weighted by Crippen LogP contribution is -2.35. The molecule has 0 saturated heterocycles. The van der Waals surface area contributed by atoms with Gasteiger partial charge in [0.25, 0.3) is 0 Å². The zero-order valence-corrected chi connectivity index (χ0v) is 12.0. The summed E-state index contributed by atoms with van der Waals surface area (Å²) in [6, 6.07) is 7.64. The van der Waals surface area contributed by atoms with Gasteiger partial charge >= 0.3 is 0 Å². The molecule has 0 unspecified atom stereocenters. The van der Waals surface area contributed by atoms with E-state index in [0.29, 0.717) is 6.54 Å². The molecule has 1 aliphatic carbocycles. The molecule has 1 amide bonds. The Balaban J connectivity index is 1.60. The van der Waals surface area contributed by atoms with E-state index in [9.17, 15) is 4.79 Å². The molecule has 2 aromatic rings. The molecule has 3 rings (SSSR count). The fraction of sp³-hybridized carbons (Fsp3) is 0.333. The number of nitrogens with zero attached hydrogens (tertiary/aromatic N) is 1. The largest absolute Gasteiger partial charge is 0.399 e. The van der Waals surface area contributed by atoms with Crippen molar-refractivity contribution >= 4 is 22.9 Å². The van der Waals surface area contributed by atoms with Crippen molar-refractivity contribution < 1.29 is 4.79 Å². The fourth-order valence-corrected chi connectivity index (χ4v) is 3.00. The molecule has 0 atom stereocenters. The summed E-state index contributed by atoms with van der Waals surface area (Å²) < 4.78 is 0. The van der Waals surface area contributed by atoms with Gasteiger partial charge in [-0.25, -0.2) is 4.98 Å². The van der Waals surface area contributed by atoms with Crippen LogP contribution in [0.25, 0.3) is 0 Å². The first-order valence-electron chi connectivity index (χ1n) is 6.72. The van der Waals surface area contributed by atoms with Crippen LogP contribution in [0.4, 0.5) is 5.69 Å². The Morgan fingerprint density at radius 1 is 1.35 bits per heavy atom. The lowest BCUT2D eigenvalue weighted by molar-refractivity contribution is -0.123. The first-order valence-corrected chi connectivity index (χ1v) is 7.66. The monoisotopic (exact) mass is 287 g/mol. The molecule has 3 N–H and O–H groups in total. The van der Waals surface area contributed by atoms with Crippen LogP contribution >= 0.6 is 11.3 Å². The minimum atomic E-state index is -0.324. The highest BCUT2D eigenvalue weighted by atomic mass is 32.1. The number of hydrogen-bond acceptors (Lipinski definition) is 4. The topological polar surface area (TPSA) is 68.0 Å². The highest BCUT2D eigenvalue weighted by Gasteiger charge is 2.50. The second-order valence-corrected chi connectivity index (χ2v) is 5.91. The second-order valence-electron chi connectivity index (χ2n) is 5.19. The van der Waals surface area contributed by atoms with E-state index in [1.807, 2.05) is 35.2 Å². The Morgan fingerprint density at radius 3 is 2.70 bits per heavy atom. The van der Waals surface area contributed by atoms with Crippen LogP contribution in [0, 0.1) is 0 Å². The number of carbonyl (C=O) groups excluding carboxylic acids is 1. The zero-order valence-electron chi connectivity index (χ0n) is 11.1. The number of carbonyl (C=O) groups is 1. The summed E-state index contributed by atoms with van der Waals surface area (Å²) in [4.78, 5) is 16.6. The van der Waals surface area contributed by atoms with Crippen LogP contribution in [0.15, 0.2) is 35.2 Å². The van der Waals surface area contributed by atoms with Crippen LogP contribution in [-0.4, -0.2) is 17.4 Å². The molecule has 104 valence electrons. The smallest absolute Gasteiger partial charge is 0.230 e. The first-order chi connectivity index (χ1) is 9.71. The Morgan fingerprint density at radius 2 is 2.10 bits per heavy atom. The number of nitrogen functional groups attached to an aromatic ring is 1. The molecule has 1 aliphatic rings. The molecule has 0 spiro atoms. The molecule has 5 heteroatoms. The molecule has 0 bridgehead atoms. The van der Waals surface area contributed by atoms with Crippen molar-refractivity contribution in [3.8, 4) is 0 Å². The van der Waals surface area contributed by atoms with Gasteiger partial charge in [0.2, 0.25) is 5.91 Å². The van der Waals surface area contributed by atoms with Crippen LogP contribution in [0.3, 0.4) is 0 Å². The Kier molecular flexibility index (Phi) is 3.44. The van der Waals surface area contributed by atoms with Crippen molar-refractivity contribution in [1.29, 1.82) is 0 Å². The summed E-state index contributed by atoms with van der Waals surface area (Å²) in [7, 11) is 0. The van der Waals surface area contributed by atoms with Crippen molar-refractivity contribution in [2.24, 2.45) is 0 Å². The summed E-state index contributed by atoms with van der Waals surface area (Å²) in [6.45, 7) is 0.638. The molecule has 20 heavy (non-hydrogen) atoms. The predicted molar refractivity (Wildman–Crippen MR) is 80.6 cm³/mol. The highest BCUT2D eigenvalue weighted by molar-refractivity contribution is 7.07. The van der Waals surface area contributed by atoms with E-state index in [2.05, 4.69) is 10.3 Å². The molecule has 1 saturated carbocycles. The third-order valence-electron chi connectivity index (χ3n) is 3.80. The normalized spacial score (nSPS) is 15.8. The molecule has 0 radical (unpaired) electrons. The minimum Gasteiger partial charge on any atom is -0.399 e. The van der Waals surface area contributed by atoms with Gasteiger partial charge in [-0.3, -0.25) is 4.79 Å². The van der Waals surface area contributed by atoms with E-state index < -0.39 is 0 Å². The fourth-order valence-electron chi connectivity index (χ4n) is 2.41. The molecule has 1 heterocycles. The Labute approximate surface area is 122 Å². The highest BCUT2D eigenvalue weighted by Crippen LogP contribution is 2.48. The first kappa shape index (κ1) is 13.1. The maximum absolute atomic E-state index is 12.4. The number of nitrogens with one attached hydrogen (secondary N) is 1. The zero-order chi connectivity index (χ0) is 14.0.